The maximum Gasteiger partial charge on any atom is 0.490 e. The molecule has 1 aliphatic carbocycles. The Morgan fingerprint density at radius 1 is 1.07 bits per heavy atom. The van der Waals surface area contributed by atoms with Gasteiger partial charge in [0.1, 0.15) is 11.9 Å². The standard InChI is InChI=1S/C32H28F3N3O4/c1-20-18-38(19-36-20)26-13-12-22(16-27(26)41-2)15-24(14-21-8-4-3-5-9-21)30(39)37-29-25-11-7-6-10-23(25)17-28(29)42-31(40)32(33,34)35/h3-13,15-16,18-19,28-29H,14,17H2,1-2H3,(H,37,39)/b24-15+/t28-,29+/m0/s1. The first kappa shape index (κ1) is 28.7. The van der Waals surface area contributed by atoms with Crippen LogP contribution in [0.25, 0.3) is 11.8 Å². The van der Waals surface area contributed by atoms with Crippen molar-refractivity contribution in [2.24, 2.45) is 0 Å². The molecule has 0 unspecified atom stereocenters. The predicted molar refractivity (Wildman–Crippen MR) is 150 cm³/mol. The molecule has 1 N–H and O–H groups in total. The summed E-state index contributed by atoms with van der Waals surface area (Å²) in [5.74, 6) is -2.23. The molecule has 1 aliphatic rings. The number of aryl methyl sites for hydroxylation is 1. The number of amides is 1. The van der Waals surface area contributed by atoms with E-state index in [1.165, 1.54) is 0 Å². The topological polar surface area (TPSA) is 82.5 Å². The molecule has 0 saturated carbocycles. The molecular formula is C32H28F3N3O4. The van der Waals surface area contributed by atoms with E-state index in [0.717, 1.165) is 16.9 Å². The number of methoxy groups -OCH3 is 1. The summed E-state index contributed by atoms with van der Waals surface area (Å²) in [6.45, 7) is 1.88. The van der Waals surface area contributed by atoms with Gasteiger partial charge in [-0.25, -0.2) is 9.78 Å². The van der Waals surface area contributed by atoms with Gasteiger partial charge in [0, 0.05) is 24.6 Å². The number of halogens is 3. The fourth-order valence-corrected chi connectivity index (χ4v) is 5.04. The number of hydrogen-bond acceptors (Lipinski definition) is 5. The number of ether oxygens (including phenoxy) is 2. The number of rotatable bonds is 8. The Kier molecular flexibility index (Phi) is 8.15. The molecule has 216 valence electrons. The van der Waals surface area contributed by atoms with E-state index >= 15 is 0 Å². The summed E-state index contributed by atoms with van der Waals surface area (Å²) in [7, 11) is 1.55. The predicted octanol–water partition coefficient (Wildman–Crippen LogP) is 5.70. The number of hydrogen-bond donors (Lipinski definition) is 1. The van der Waals surface area contributed by atoms with E-state index in [-0.39, 0.29) is 12.8 Å². The lowest BCUT2D eigenvalue weighted by Crippen LogP contribution is -2.39. The van der Waals surface area contributed by atoms with Crippen molar-refractivity contribution >= 4 is 18.0 Å². The van der Waals surface area contributed by atoms with Crippen molar-refractivity contribution in [2.75, 3.05) is 7.11 Å². The van der Waals surface area contributed by atoms with Gasteiger partial charge in [0.15, 0.2) is 0 Å². The highest BCUT2D eigenvalue weighted by Gasteiger charge is 2.45. The van der Waals surface area contributed by atoms with Gasteiger partial charge < -0.3 is 19.4 Å². The van der Waals surface area contributed by atoms with Gasteiger partial charge in [0.05, 0.1) is 30.9 Å². The summed E-state index contributed by atoms with van der Waals surface area (Å²) in [6.07, 6.45) is -0.808. The van der Waals surface area contributed by atoms with E-state index in [0.29, 0.717) is 28.0 Å². The maximum absolute atomic E-state index is 13.8. The highest BCUT2D eigenvalue weighted by atomic mass is 19.4. The SMILES string of the molecule is COc1cc(/C=C(\Cc2ccccc2)C(=O)N[C@@H]2c3ccccc3C[C@@H]2OC(=O)C(F)(F)F)ccc1-n1cnc(C)c1. The number of nitrogens with one attached hydrogen (secondary N) is 1. The zero-order valence-electron chi connectivity index (χ0n) is 22.9. The molecule has 42 heavy (non-hydrogen) atoms. The van der Waals surface area contributed by atoms with Gasteiger partial charge in [-0.2, -0.15) is 13.2 Å². The maximum atomic E-state index is 13.8. The van der Waals surface area contributed by atoms with E-state index in [9.17, 15) is 22.8 Å². The lowest BCUT2D eigenvalue weighted by atomic mass is 10.00. The minimum Gasteiger partial charge on any atom is -0.495 e. The average molecular weight is 576 g/mol. The normalized spacial score (nSPS) is 16.5. The lowest BCUT2D eigenvalue weighted by molar-refractivity contribution is -0.205. The minimum absolute atomic E-state index is 0.0487. The molecule has 1 aromatic heterocycles. The van der Waals surface area contributed by atoms with Crippen LogP contribution >= 0.6 is 0 Å². The van der Waals surface area contributed by atoms with Crippen molar-refractivity contribution in [3.63, 3.8) is 0 Å². The minimum atomic E-state index is -5.15. The van der Waals surface area contributed by atoms with E-state index in [4.69, 9.17) is 9.47 Å². The number of benzene rings is 3. The quantitative estimate of drug-likeness (QED) is 0.215. The molecule has 7 nitrogen and oxygen atoms in total. The molecule has 1 heterocycles. The molecule has 10 heteroatoms. The fourth-order valence-electron chi connectivity index (χ4n) is 5.04. The molecule has 0 radical (unpaired) electrons. The summed E-state index contributed by atoms with van der Waals surface area (Å²) in [5.41, 5.74) is 4.82. The molecule has 4 aromatic rings. The molecular weight excluding hydrogens is 547 g/mol. The second-order valence-corrected chi connectivity index (χ2v) is 9.98. The van der Waals surface area contributed by atoms with Gasteiger partial charge >= 0.3 is 12.1 Å². The van der Waals surface area contributed by atoms with Crippen molar-refractivity contribution in [3.05, 3.63) is 119 Å². The van der Waals surface area contributed by atoms with Crippen LogP contribution in [0, 0.1) is 6.92 Å². The Bertz CT molecular complexity index is 1630. The largest absolute Gasteiger partial charge is 0.495 e. The number of carbonyl (C=O) groups excluding carboxylic acids is 2. The Morgan fingerprint density at radius 2 is 1.81 bits per heavy atom. The molecule has 0 aliphatic heterocycles. The summed E-state index contributed by atoms with van der Waals surface area (Å²) in [4.78, 5) is 29.8. The van der Waals surface area contributed by atoms with Crippen LogP contribution in [-0.2, 0) is 27.2 Å². The van der Waals surface area contributed by atoms with E-state index < -0.39 is 30.2 Å². The first-order chi connectivity index (χ1) is 20.1. The van der Waals surface area contributed by atoms with Crippen molar-refractivity contribution in [1.29, 1.82) is 0 Å². The van der Waals surface area contributed by atoms with E-state index in [1.807, 2.05) is 60.2 Å². The molecule has 0 fully saturated rings. The van der Waals surface area contributed by atoms with Crippen LogP contribution in [0.15, 0.2) is 90.9 Å². The van der Waals surface area contributed by atoms with E-state index in [2.05, 4.69) is 10.3 Å². The molecule has 0 bridgehead atoms. The number of aromatic nitrogens is 2. The average Bonchev–Trinajstić information content (AvgIpc) is 3.55. The number of alkyl halides is 3. The van der Waals surface area contributed by atoms with Crippen molar-refractivity contribution in [2.45, 2.75) is 38.1 Å². The fraction of sp³-hybridized carbons (Fsp3) is 0.219. The highest BCUT2D eigenvalue weighted by molar-refractivity contribution is 5.98. The highest BCUT2D eigenvalue weighted by Crippen LogP contribution is 2.35. The number of imidazole rings is 1. The second-order valence-electron chi connectivity index (χ2n) is 9.98. The zero-order valence-corrected chi connectivity index (χ0v) is 22.9. The second kappa shape index (κ2) is 11.9. The van der Waals surface area contributed by atoms with Crippen molar-refractivity contribution in [1.82, 2.24) is 14.9 Å². The number of esters is 1. The van der Waals surface area contributed by atoms with Crippen molar-refractivity contribution in [3.8, 4) is 11.4 Å². The first-order valence-corrected chi connectivity index (χ1v) is 13.2. The summed E-state index contributed by atoms with van der Waals surface area (Å²) >= 11 is 0. The molecule has 5 rings (SSSR count). The summed E-state index contributed by atoms with van der Waals surface area (Å²) in [5, 5.41) is 2.86. The monoisotopic (exact) mass is 575 g/mol. The van der Waals surface area contributed by atoms with Crippen LogP contribution in [0.4, 0.5) is 13.2 Å². The lowest BCUT2D eigenvalue weighted by Gasteiger charge is -2.23. The smallest absolute Gasteiger partial charge is 0.490 e. The van der Waals surface area contributed by atoms with Gasteiger partial charge in [0.25, 0.3) is 0 Å². The number of nitrogens with zero attached hydrogens (tertiary/aromatic N) is 2. The van der Waals surface area contributed by atoms with Crippen LogP contribution in [0.3, 0.4) is 0 Å². The van der Waals surface area contributed by atoms with Crippen LogP contribution in [0.1, 0.15) is 34.0 Å². The molecule has 0 saturated heterocycles. The van der Waals surface area contributed by atoms with Gasteiger partial charge in [-0.15, -0.1) is 0 Å². The number of fused-ring (bicyclic) bond motifs is 1. The molecule has 0 spiro atoms. The van der Waals surface area contributed by atoms with Gasteiger partial charge in [-0.3, -0.25) is 4.79 Å². The van der Waals surface area contributed by atoms with Gasteiger partial charge in [-0.1, -0.05) is 60.7 Å². The van der Waals surface area contributed by atoms with Crippen LogP contribution in [0.2, 0.25) is 0 Å². The van der Waals surface area contributed by atoms with Crippen LogP contribution in [-0.4, -0.2) is 40.8 Å². The van der Waals surface area contributed by atoms with Crippen molar-refractivity contribution < 1.29 is 32.2 Å². The third kappa shape index (κ3) is 6.38. The van der Waals surface area contributed by atoms with Crippen LogP contribution < -0.4 is 10.1 Å². The number of carbonyl (C=O) groups is 2. The summed E-state index contributed by atoms with van der Waals surface area (Å²) in [6, 6.07) is 20.8. The zero-order chi connectivity index (χ0) is 29.9. The third-order valence-electron chi connectivity index (χ3n) is 7.02. The van der Waals surface area contributed by atoms with Gasteiger partial charge in [-0.05, 0) is 47.4 Å². The van der Waals surface area contributed by atoms with E-state index in [1.54, 1.807) is 49.8 Å². The summed E-state index contributed by atoms with van der Waals surface area (Å²) < 4.78 is 51.4. The Hall–Kier alpha value is -4.86. The van der Waals surface area contributed by atoms with Crippen LogP contribution in [0.5, 0.6) is 5.75 Å². The molecule has 3 aromatic carbocycles. The Balaban J connectivity index is 1.48. The third-order valence-corrected chi connectivity index (χ3v) is 7.02. The Labute approximate surface area is 240 Å². The van der Waals surface area contributed by atoms with Gasteiger partial charge in [0.2, 0.25) is 5.91 Å². The Morgan fingerprint density at radius 3 is 2.50 bits per heavy atom. The first-order valence-electron chi connectivity index (χ1n) is 13.2. The molecule has 1 amide bonds. The molecule has 2 atom stereocenters.